The lowest BCUT2D eigenvalue weighted by atomic mass is 10.1. The summed E-state index contributed by atoms with van der Waals surface area (Å²) in [5.41, 5.74) is 0.989. The van der Waals surface area contributed by atoms with Gasteiger partial charge in [0.15, 0.2) is 0 Å². The molecule has 1 aromatic carbocycles. The van der Waals surface area contributed by atoms with Gasteiger partial charge in [-0.15, -0.1) is 0 Å². The molecule has 1 saturated carbocycles. The molecule has 1 saturated heterocycles. The van der Waals surface area contributed by atoms with E-state index in [2.05, 4.69) is 13.8 Å². The Balaban J connectivity index is 1.67. The Morgan fingerprint density at radius 1 is 1.25 bits per heavy atom. The highest BCUT2D eigenvalue weighted by atomic mass is 32.2. The van der Waals surface area contributed by atoms with Gasteiger partial charge in [0.25, 0.3) is 0 Å². The van der Waals surface area contributed by atoms with Gasteiger partial charge in [0.05, 0.1) is 12.2 Å². The number of hydrogen-bond acceptors (Lipinski definition) is 4. The third-order valence-corrected chi connectivity index (χ3v) is 7.43. The fourth-order valence-corrected chi connectivity index (χ4v) is 5.34. The zero-order valence-electron chi connectivity index (χ0n) is 12.0. The lowest BCUT2D eigenvalue weighted by molar-refractivity contribution is 0.179. The molecule has 1 aliphatic heterocycles. The smallest absolute Gasteiger partial charge is 0.120 e. The van der Waals surface area contributed by atoms with E-state index in [4.69, 9.17) is 4.74 Å². The van der Waals surface area contributed by atoms with Crippen LogP contribution in [0, 0.1) is 0 Å². The third kappa shape index (κ3) is 3.46. The zero-order valence-corrected chi connectivity index (χ0v) is 13.6. The van der Waals surface area contributed by atoms with Crippen LogP contribution in [0.5, 0.6) is 5.75 Å². The summed E-state index contributed by atoms with van der Waals surface area (Å²) in [5, 5.41) is 12.2. The second-order valence-corrected chi connectivity index (χ2v) is 8.78. The Bertz CT molecular complexity index is 462. The van der Waals surface area contributed by atoms with Crippen LogP contribution < -0.4 is 4.74 Å². The van der Waals surface area contributed by atoms with Crippen molar-refractivity contribution in [1.29, 1.82) is 0 Å². The van der Waals surface area contributed by atoms with Crippen LogP contribution in [-0.2, 0) is 0 Å². The van der Waals surface area contributed by atoms with E-state index in [1.54, 1.807) is 0 Å². The van der Waals surface area contributed by atoms with Gasteiger partial charge in [-0.3, -0.25) is 0 Å². The van der Waals surface area contributed by atoms with E-state index in [9.17, 15) is 5.11 Å². The second-order valence-electron chi connectivity index (χ2n) is 5.75. The van der Waals surface area contributed by atoms with Gasteiger partial charge in [0.1, 0.15) is 5.75 Å². The molecule has 20 heavy (non-hydrogen) atoms. The topological polar surface area (TPSA) is 29.5 Å². The lowest BCUT2D eigenvalue weighted by Crippen LogP contribution is -2.30. The molecule has 2 fully saturated rings. The van der Waals surface area contributed by atoms with Crippen LogP contribution >= 0.6 is 23.5 Å². The van der Waals surface area contributed by atoms with Gasteiger partial charge in [-0.05, 0) is 30.5 Å². The minimum absolute atomic E-state index is 0.280. The number of rotatable bonds is 4. The highest BCUT2D eigenvalue weighted by molar-refractivity contribution is 8.07. The molecule has 1 aromatic rings. The predicted octanol–water partition coefficient (Wildman–Crippen LogP) is 3.89. The summed E-state index contributed by atoms with van der Waals surface area (Å²) in [6.07, 6.45) is 2.34. The van der Waals surface area contributed by atoms with Gasteiger partial charge in [0, 0.05) is 21.5 Å². The highest BCUT2D eigenvalue weighted by Gasteiger charge is 2.31. The molecule has 0 aromatic heterocycles. The van der Waals surface area contributed by atoms with Crippen molar-refractivity contribution in [2.45, 2.75) is 54.6 Å². The largest absolute Gasteiger partial charge is 0.490 e. The molecule has 3 rings (SSSR count). The summed E-state index contributed by atoms with van der Waals surface area (Å²) in [7, 11) is 0. The fourth-order valence-electron chi connectivity index (χ4n) is 2.34. The molecule has 4 atom stereocenters. The maximum atomic E-state index is 10.6. The van der Waals surface area contributed by atoms with E-state index in [1.807, 2.05) is 47.8 Å². The predicted molar refractivity (Wildman–Crippen MR) is 87.8 cm³/mol. The molecule has 1 N–H and O–H groups in total. The maximum Gasteiger partial charge on any atom is 0.120 e. The SMILES string of the molecule is CC1SCC(C(O)c2cccc(OC3CC3)c2)SC1C. The maximum absolute atomic E-state index is 10.6. The van der Waals surface area contributed by atoms with Crippen LogP contribution in [-0.4, -0.2) is 32.7 Å². The van der Waals surface area contributed by atoms with Crippen molar-refractivity contribution in [1.82, 2.24) is 0 Å². The monoisotopic (exact) mass is 310 g/mol. The van der Waals surface area contributed by atoms with Crippen molar-refractivity contribution >= 4 is 23.5 Å². The number of aliphatic hydroxyl groups is 1. The summed E-state index contributed by atoms with van der Waals surface area (Å²) in [6.45, 7) is 4.53. The van der Waals surface area contributed by atoms with Crippen molar-refractivity contribution in [3.05, 3.63) is 29.8 Å². The standard InChI is InChI=1S/C16H22O2S2/c1-10-11(2)20-15(9-19-10)16(17)12-4-3-5-14(8-12)18-13-6-7-13/h3-5,8,10-11,13,15-17H,6-7,9H2,1-2H3. The number of benzene rings is 1. The normalized spacial score (nSPS) is 31.9. The Morgan fingerprint density at radius 3 is 2.75 bits per heavy atom. The first-order valence-electron chi connectivity index (χ1n) is 7.35. The molecule has 1 aliphatic carbocycles. The molecule has 2 aliphatic rings. The minimum atomic E-state index is -0.398. The molecule has 2 nitrogen and oxygen atoms in total. The second kappa shape index (κ2) is 6.20. The van der Waals surface area contributed by atoms with E-state index in [0.29, 0.717) is 16.6 Å². The van der Waals surface area contributed by atoms with Gasteiger partial charge in [0.2, 0.25) is 0 Å². The van der Waals surface area contributed by atoms with Crippen molar-refractivity contribution < 1.29 is 9.84 Å². The molecule has 0 bridgehead atoms. The van der Waals surface area contributed by atoms with Crippen molar-refractivity contribution in [3.8, 4) is 5.75 Å². The average molecular weight is 310 g/mol. The molecule has 0 spiro atoms. The van der Waals surface area contributed by atoms with E-state index in [-0.39, 0.29) is 5.25 Å². The van der Waals surface area contributed by atoms with Crippen LogP contribution in [0.15, 0.2) is 24.3 Å². The fraction of sp³-hybridized carbons (Fsp3) is 0.625. The molecular formula is C16H22O2S2. The molecule has 1 heterocycles. The average Bonchev–Trinajstić information content (AvgIpc) is 3.25. The molecular weight excluding hydrogens is 288 g/mol. The first kappa shape index (κ1) is 14.6. The first-order valence-corrected chi connectivity index (χ1v) is 9.34. The van der Waals surface area contributed by atoms with Gasteiger partial charge in [-0.25, -0.2) is 0 Å². The number of ether oxygens (including phenoxy) is 1. The van der Waals surface area contributed by atoms with Gasteiger partial charge in [-0.2, -0.15) is 23.5 Å². The van der Waals surface area contributed by atoms with E-state index >= 15 is 0 Å². The van der Waals surface area contributed by atoms with E-state index in [1.165, 1.54) is 0 Å². The number of thioether (sulfide) groups is 2. The van der Waals surface area contributed by atoms with Crippen molar-refractivity contribution in [3.63, 3.8) is 0 Å². The Morgan fingerprint density at radius 2 is 2.05 bits per heavy atom. The van der Waals surface area contributed by atoms with Crippen LogP contribution in [0.3, 0.4) is 0 Å². The number of hydrogen-bond donors (Lipinski definition) is 1. The zero-order chi connectivity index (χ0) is 14.1. The first-order chi connectivity index (χ1) is 9.63. The van der Waals surface area contributed by atoms with Crippen molar-refractivity contribution in [2.24, 2.45) is 0 Å². The van der Waals surface area contributed by atoms with Gasteiger partial charge in [-0.1, -0.05) is 26.0 Å². The Labute approximate surface area is 129 Å². The quantitative estimate of drug-likeness (QED) is 0.914. The van der Waals surface area contributed by atoms with E-state index in [0.717, 1.165) is 29.9 Å². The Hall–Kier alpha value is -0.320. The highest BCUT2D eigenvalue weighted by Crippen LogP contribution is 2.41. The Kier molecular flexibility index (Phi) is 4.53. The van der Waals surface area contributed by atoms with Crippen LogP contribution in [0.1, 0.15) is 38.4 Å². The van der Waals surface area contributed by atoms with Crippen LogP contribution in [0.25, 0.3) is 0 Å². The van der Waals surface area contributed by atoms with Crippen LogP contribution in [0.4, 0.5) is 0 Å². The molecule has 4 unspecified atom stereocenters. The summed E-state index contributed by atoms with van der Waals surface area (Å²) in [4.78, 5) is 0. The van der Waals surface area contributed by atoms with Crippen LogP contribution in [0.2, 0.25) is 0 Å². The summed E-state index contributed by atoms with van der Waals surface area (Å²) in [5.74, 6) is 1.92. The van der Waals surface area contributed by atoms with Gasteiger partial charge >= 0.3 is 0 Å². The summed E-state index contributed by atoms with van der Waals surface area (Å²) in [6, 6.07) is 8.00. The molecule has 110 valence electrons. The minimum Gasteiger partial charge on any atom is -0.490 e. The molecule has 0 amide bonds. The molecule has 0 radical (unpaired) electrons. The third-order valence-electron chi connectivity index (χ3n) is 3.95. The summed E-state index contributed by atoms with van der Waals surface area (Å²) >= 11 is 3.89. The van der Waals surface area contributed by atoms with E-state index < -0.39 is 6.10 Å². The van der Waals surface area contributed by atoms with Gasteiger partial charge < -0.3 is 9.84 Å². The number of aliphatic hydroxyl groups excluding tert-OH is 1. The lowest BCUT2D eigenvalue weighted by Gasteiger charge is -2.34. The summed E-state index contributed by atoms with van der Waals surface area (Å²) < 4.78 is 5.82. The van der Waals surface area contributed by atoms with Crippen molar-refractivity contribution in [2.75, 3.05) is 5.75 Å². The molecule has 4 heteroatoms.